The van der Waals surface area contributed by atoms with Gasteiger partial charge in [-0.15, -0.1) is 0 Å². The molecule has 2 aliphatic heterocycles. The Labute approximate surface area is 149 Å². The summed E-state index contributed by atoms with van der Waals surface area (Å²) in [6, 6.07) is 3.95. The summed E-state index contributed by atoms with van der Waals surface area (Å²) in [5.41, 5.74) is 2.08. The van der Waals surface area contributed by atoms with Crippen molar-refractivity contribution in [2.75, 3.05) is 26.3 Å². The lowest BCUT2D eigenvalue weighted by atomic mass is 9.77. The van der Waals surface area contributed by atoms with E-state index in [2.05, 4.69) is 11.1 Å². The van der Waals surface area contributed by atoms with E-state index in [-0.39, 0.29) is 17.4 Å². The Morgan fingerprint density at radius 2 is 2.28 bits per heavy atom. The fourth-order valence-corrected chi connectivity index (χ4v) is 4.35. The zero-order chi connectivity index (χ0) is 17.1. The smallest absolute Gasteiger partial charge is 0.249 e. The molecule has 5 nitrogen and oxygen atoms in total. The Kier molecular flexibility index (Phi) is 4.86. The van der Waals surface area contributed by atoms with Crippen LogP contribution in [0.5, 0.6) is 0 Å². The second-order valence-electron chi connectivity index (χ2n) is 7.46. The second kappa shape index (κ2) is 7.26. The lowest BCUT2D eigenvalue weighted by Gasteiger charge is -2.43. The molecule has 1 aromatic heterocycles. The highest BCUT2D eigenvalue weighted by Gasteiger charge is 2.49. The number of carbonyl (C=O) groups excluding carboxylic acids is 1. The highest BCUT2D eigenvalue weighted by molar-refractivity contribution is 5.93. The standard InChI is InChI=1S/C20H26N2O3/c23-19(17-3-1-2-4-17)22-11-7-18-20(14-22,8-12-25-18)15-24-13-16-5-9-21-10-6-16/h3,5-6,9-10,18H,1-2,4,7-8,11-15H2/t18-,20+/m0/s1. The predicted molar refractivity (Wildman–Crippen MR) is 93.8 cm³/mol. The van der Waals surface area contributed by atoms with Crippen molar-refractivity contribution in [3.63, 3.8) is 0 Å². The summed E-state index contributed by atoms with van der Waals surface area (Å²) in [5.74, 6) is 0.233. The summed E-state index contributed by atoms with van der Waals surface area (Å²) in [5, 5.41) is 0. The third-order valence-corrected chi connectivity index (χ3v) is 5.78. The van der Waals surface area contributed by atoms with Crippen LogP contribution in [0.4, 0.5) is 0 Å². The van der Waals surface area contributed by atoms with E-state index in [1.807, 2.05) is 17.0 Å². The first-order valence-electron chi connectivity index (χ1n) is 9.33. The second-order valence-corrected chi connectivity index (χ2v) is 7.46. The molecule has 0 unspecified atom stereocenters. The van der Waals surface area contributed by atoms with Gasteiger partial charge in [0.1, 0.15) is 0 Å². The van der Waals surface area contributed by atoms with E-state index < -0.39 is 0 Å². The van der Waals surface area contributed by atoms with E-state index in [1.165, 1.54) is 0 Å². The number of hydrogen-bond donors (Lipinski definition) is 0. The molecule has 0 N–H and O–H groups in total. The van der Waals surface area contributed by atoms with Crippen molar-refractivity contribution < 1.29 is 14.3 Å². The molecule has 0 bridgehead atoms. The van der Waals surface area contributed by atoms with Crippen LogP contribution in [-0.4, -0.2) is 48.2 Å². The van der Waals surface area contributed by atoms with E-state index in [9.17, 15) is 4.79 Å². The summed E-state index contributed by atoms with van der Waals surface area (Å²) in [6.07, 6.45) is 10.9. The monoisotopic (exact) mass is 342 g/mol. The summed E-state index contributed by atoms with van der Waals surface area (Å²) in [4.78, 5) is 18.9. The van der Waals surface area contributed by atoms with Crippen LogP contribution in [0, 0.1) is 5.41 Å². The van der Waals surface area contributed by atoms with Gasteiger partial charge in [-0.25, -0.2) is 0 Å². The van der Waals surface area contributed by atoms with Crippen LogP contribution < -0.4 is 0 Å². The van der Waals surface area contributed by atoms with Gasteiger partial charge < -0.3 is 14.4 Å². The molecule has 0 spiro atoms. The van der Waals surface area contributed by atoms with Gasteiger partial charge in [0.25, 0.3) is 0 Å². The van der Waals surface area contributed by atoms with Gasteiger partial charge >= 0.3 is 0 Å². The minimum absolute atomic E-state index is 0.0555. The van der Waals surface area contributed by atoms with Crippen molar-refractivity contribution in [3.05, 3.63) is 41.7 Å². The first kappa shape index (κ1) is 16.7. The van der Waals surface area contributed by atoms with Crippen LogP contribution in [0.1, 0.15) is 37.7 Å². The van der Waals surface area contributed by atoms with Crippen molar-refractivity contribution in [1.82, 2.24) is 9.88 Å². The van der Waals surface area contributed by atoms with Crippen LogP contribution in [0.25, 0.3) is 0 Å². The number of hydrogen-bond acceptors (Lipinski definition) is 4. The van der Waals surface area contributed by atoms with E-state index in [0.717, 1.165) is 62.9 Å². The third-order valence-electron chi connectivity index (χ3n) is 5.78. The number of pyridine rings is 1. The zero-order valence-corrected chi connectivity index (χ0v) is 14.7. The molecular formula is C20H26N2O3. The number of fused-ring (bicyclic) bond motifs is 1. The fourth-order valence-electron chi connectivity index (χ4n) is 4.35. The van der Waals surface area contributed by atoms with Crippen molar-refractivity contribution in [2.45, 2.75) is 44.8 Å². The van der Waals surface area contributed by atoms with Crippen LogP contribution in [0.3, 0.4) is 0 Å². The molecule has 2 fully saturated rings. The number of aromatic nitrogens is 1. The third kappa shape index (κ3) is 3.48. The van der Waals surface area contributed by atoms with Crippen LogP contribution in [0.15, 0.2) is 36.2 Å². The molecule has 3 heterocycles. The van der Waals surface area contributed by atoms with Crippen molar-refractivity contribution in [3.8, 4) is 0 Å². The molecule has 0 saturated carbocycles. The van der Waals surface area contributed by atoms with Crippen LogP contribution in [-0.2, 0) is 20.9 Å². The van der Waals surface area contributed by atoms with Gasteiger partial charge in [-0.1, -0.05) is 6.08 Å². The largest absolute Gasteiger partial charge is 0.377 e. The Hall–Kier alpha value is -1.72. The molecule has 2 atom stereocenters. The van der Waals surface area contributed by atoms with E-state index in [0.29, 0.717) is 13.2 Å². The predicted octanol–water partition coefficient (Wildman–Crippen LogP) is 2.72. The molecule has 1 aliphatic carbocycles. The van der Waals surface area contributed by atoms with Crippen molar-refractivity contribution >= 4 is 5.91 Å². The maximum atomic E-state index is 12.8. The SMILES string of the molecule is O=C(C1=CCCC1)N1CC[C@@H]2OCC[C@]2(COCc2ccncc2)C1. The lowest BCUT2D eigenvalue weighted by Crippen LogP contribution is -2.53. The molecule has 3 aliphatic rings. The number of carbonyl (C=O) groups is 1. The Balaban J connectivity index is 1.41. The molecule has 25 heavy (non-hydrogen) atoms. The maximum absolute atomic E-state index is 12.8. The number of piperidine rings is 1. The minimum Gasteiger partial charge on any atom is -0.377 e. The van der Waals surface area contributed by atoms with Gasteiger partial charge in [-0.05, 0) is 49.8 Å². The first-order chi connectivity index (χ1) is 12.3. The molecule has 1 amide bonds. The number of nitrogens with zero attached hydrogens (tertiary/aromatic N) is 2. The highest BCUT2D eigenvalue weighted by Crippen LogP contribution is 2.42. The normalized spacial score (nSPS) is 28.7. The van der Waals surface area contributed by atoms with Crippen LogP contribution in [0.2, 0.25) is 0 Å². The van der Waals surface area contributed by atoms with E-state index in [4.69, 9.17) is 9.47 Å². The molecule has 0 aromatic carbocycles. The maximum Gasteiger partial charge on any atom is 0.249 e. The molecular weight excluding hydrogens is 316 g/mol. The van der Waals surface area contributed by atoms with Crippen LogP contribution >= 0.6 is 0 Å². The lowest BCUT2D eigenvalue weighted by molar-refractivity contribution is -0.136. The van der Waals surface area contributed by atoms with Crippen molar-refractivity contribution in [2.24, 2.45) is 5.41 Å². The van der Waals surface area contributed by atoms with Gasteiger partial charge in [0, 0.05) is 43.1 Å². The fraction of sp³-hybridized carbons (Fsp3) is 0.600. The number of rotatable bonds is 5. The summed E-state index contributed by atoms with van der Waals surface area (Å²) >= 11 is 0. The Morgan fingerprint density at radius 3 is 3.08 bits per heavy atom. The number of likely N-dealkylation sites (tertiary alicyclic amines) is 1. The zero-order valence-electron chi connectivity index (χ0n) is 14.7. The summed E-state index contributed by atoms with van der Waals surface area (Å²) in [6.45, 7) is 3.55. The van der Waals surface area contributed by atoms with Gasteiger partial charge in [0.15, 0.2) is 0 Å². The molecule has 134 valence electrons. The Morgan fingerprint density at radius 1 is 1.40 bits per heavy atom. The van der Waals surface area contributed by atoms with Gasteiger partial charge in [0.05, 0.1) is 19.3 Å². The highest BCUT2D eigenvalue weighted by atomic mass is 16.5. The summed E-state index contributed by atoms with van der Waals surface area (Å²) in [7, 11) is 0. The topological polar surface area (TPSA) is 51.7 Å². The van der Waals surface area contributed by atoms with E-state index >= 15 is 0 Å². The number of ether oxygens (including phenoxy) is 2. The molecule has 0 radical (unpaired) electrons. The molecule has 2 saturated heterocycles. The summed E-state index contributed by atoms with van der Waals surface area (Å²) < 4.78 is 12.0. The van der Waals surface area contributed by atoms with E-state index in [1.54, 1.807) is 12.4 Å². The van der Waals surface area contributed by atoms with Gasteiger partial charge in [-0.3, -0.25) is 9.78 Å². The average molecular weight is 342 g/mol. The molecule has 1 aromatic rings. The number of amides is 1. The van der Waals surface area contributed by atoms with Crippen molar-refractivity contribution in [1.29, 1.82) is 0 Å². The van der Waals surface area contributed by atoms with Gasteiger partial charge in [-0.2, -0.15) is 0 Å². The van der Waals surface area contributed by atoms with Gasteiger partial charge in [0.2, 0.25) is 5.91 Å². The average Bonchev–Trinajstić information content (AvgIpc) is 3.31. The minimum atomic E-state index is -0.0555. The quantitative estimate of drug-likeness (QED) is 0.826. The first-order valence-corrected chi connectivity index (χ1v) is 9.33. The Bertz CT molecular complexity index is 646. The molecule has 5 heteroatoms. The number of allylic oxidation sites excluding steroid dienone is 1. The molecule has 4 rings (SSSR count).